The lowest BCUT2D eigenvalue weighted by Gasteiger charge is -2.18. The average molecular weight is 318 g/mol. The van der Waals surface area contributed by atoms with Gasteiger partial charge in [-0.1, -0.05) is 30.3 Å². The summed E-state index contributed by atoms with van der Waals surface area (Å²) in [5.74, 6) is 0. The summed E-state index contributed by atoms with van der Waals surface area (Å²) in [6, 6.07) is 17.9. The summed E-state index contributed by atoms with van der Waals surface area (Å²) in [5, 5.41) is 7.20. The summed E-state index contributed by atoms with van der Waals surface area (Å²) in [4.78, 5) is 14.2. The number of anilines is 1. The second-order valence-corrected chi connectivity index (χ2v) is 5.81. The number of urea groups is 1. The van der Waals surface area contributed by atoms with Gasteiger partial charge in [-0.3, -0.25) is 4.90 Å². The Morgan fingerprint density at radius 3 is 2.71 bits per heavy atom. The highest BCUT2D eigenvalue weighted by Gasteiger charge is 2.23. The molecular formula is C19H18N4O. The molecule has 1 aliphatic heterocycles. The molecule has 0 fully saturated rings. The van der Waals surface area contributed by atoms with Crippen molar-refractivity contribution in [3.05, 3.63) is 78.1 Å². The Hall–Kier alpha value is -3.08. The maximum Gasteiger partial charge on any atom is 0.322 e. The van der Waals surface area contributed by atoms with Gasteiger partial charge in [-0.05, 0) is 41.8 Å². The lowest BCUT2D eigenvalue weighted by Crippen LogP contribution is -2.38. The molecule has 0 spiro atoms. The van der Waals surface area contributed by atoms with Crippen molar-refractivity contribution in [1.82, 2.24) is 15.1 Å². The molecule has 0 aliphatic carbocycles. The van der Waals surface area contributed by atoms with Crippen molar-refractivity contribution in [2.24, 2.45) is 0 Å². The number of nitrogens with zero attached hydrogens (tertiary/aromatic N) is 3. The molecule has 1 N–H and O–H groups in total. The minimum atomic E-state index is -0.0453. The van der Waals surface area contributed by atoms with Gasteiger partial charge < -0.3 is 5.32 Å². The summed E-state index contributed by atoms with van der Waals surface area (Å²) < 4.78 is 1.81. The van der Waals surface area contributed by atoms with Crippen LogP contribution in [0.2, 0.25) is 0 Å². The van der Waals surface area contributed by atoms with E-state index in [0.29, 0.717) is 6.54 Å². The van der Waals surface area contributed by atoms with E-state index in [1.165, 1.54) is 5.56 Å². The molecule has 0 bridgehead atoms. The van der Waals surface area contributed by atoms with Crippen LogP contribution in [0.4, 0.5) is 10.5 Å². The number of fused-ring (bicyclic) bond motifs is 1. The van der Waals surface area contributed by atoms with Crippen LogP contribution in [-0.2, 0) is 13.0 Å². The number of hydrogen-bond acceptors (Lipinski definition) is 2. The van der Waals surface area contributed by atoms with Gasteiger partial charge in [0.2, 0.25) is 0 Å². The number of carbonyl (C=O) groups excluding carboxylic acids is 1. The first-order valence-electron chi connectivity index (χ1n) is 8.03. The molecule has 0 saturated heterocycles. The van der Waals surface area contributed by atoms with E-state index in [2.05, 4.69) is 16.5 Å². The van der Waals surface area contributed by atoms with Gasteiger partial charge in [0.25, 0.3) is 0 Å². The van der Waals surface area contributed by atoms with Crippen LogP contribution in [0.25, 0.3) is 5.69 Å². The van der Waals surface area contributed by atoms with Crippen LogP contribution in [0.3, 0.4) is 0 Å². The minimum absolute atomic E-state index is 0.0453. The number of benzene rings is 2. The zero-order valence-corrected chi connectivity index (χ0v) is 13.2. The smallest absolute Gasteiger partial charge is 0.322 e. The Labute approximate surface area is 140 Å². The molecule has 0 radical (unpaired) electrons. The zero-order chi connectivity index (χ0) is 16.4. The number of aromatic nitrogens is 2. The van der Waals surface area contributed by atoms with Crippen LogP contribution in [0.5, 0.6) is 0 Å². The first-order chi connectivity index (χ1) is 11.8. The molecule has 2 aromatic carbocycles. The van der Waals surface area contributed by atoms with E-state index in [9.17, 15) is 4.79 Å². The number of hydrogen-bond donors (Lipinski definition) is 1. The molecule has 120 valence electrons. The van der Waals surface area contributed by atoms with Gasteiger partial charge in [0, 0.05) is 31.2 Å². The highest BCUT2D eigenvalue weighted by atomic mass is 16.2. The minimum Gasteiger partial charge on any atom is -0.334 e. The maximum absolute atomic E-state index is 12.4. The molecule has 1 aliphatic rings. The van der Waals surface area contributed by atoms with Crippen molar-refractivity contribution >= 4 is 11.7 Å². The molecule has 4 rings (SSSR count). The van der Waals surface area contributed by atoms with Gasteiger partial charge in [0.15, 0.2) is 0 Å². The predicted molar refractivity (Wildman–Crippen MR) is 93.3 cm³/mol. The summed E-state index contributed by atoms with van der Waals surface area (Å²) in [6.07, 6.45) is 4.58. The van der Waals surface area contributed by atoms with Crippen molar-refractivity contribution in [3.63, 3.8) is 0 Å². The van der Waals surface area contributed by atoms with E-state index in [4.69, 9.17) is 0 Å². The zero-order valence-electron chi connectivity index (χ0n) is 13.2. The van der Waals surface area contributed by atoms with E-state index in [1.54, 1.807) is 6.20 Å². The molecule has 0 atom stereocenters. The third kappa shape index (κ3) is 2.76. The Morgan fingerprint density at radius 2 is 1.92 bits per heavy atom. The van der Waals surface area contributed by atoms with Crippen LogP contribution in [0, 0.1) is 0 Å². The molecule has 24 heavy (non-hydrogen) atoms. The van der Waals surface area contributed by atoms with Crippen LogP contribution < -0.4 is 10.2 Å². The van der Waals surface area contributed by atoms with Crippen molar-refractivity contribution in [1.29, 1.82) is 0 Å². The Morgan fingerprint density at radius 1 is 1.08 bits per heavy atom. The Balaban J connectivity index is 1.39. The largest absolute Gasteiger partial charge is 0.334 e. The maximum atomic E-state index is 12.4. The summed E-state index contributed by atoms with van der Waals surface area (Å²) in [5.41, 5.74) is 4.32. The molecule has 5 nitrogen and oxygen atoms in total. The van der Waals surface area contributed by atoms with Crippen LogP contribution in [0.1, 0.15) is 11.1 Å². The normalized spacial score (nSPS) is 12.9. The lowest BCUT2D eigenvalue weighted by molar-refractivity contribution is 0.246. The SMILES string of the molecule is O=C(NCc1ccc(-n2cccn2)cc1)N1CCc2ccccc21. The molecule has 2 heterocycles. The number of amides is 2. The lowest BCUT2D eigenvalue weighted by atomic mass is 10.2. The van der Waals surface area contributed by atoms with Crippen molar-refractivity contribution in [2.45, 2.75) is 13.0 Å². The third-order valence-electron chi connectivity index (χ3n) is 4.28. The Bertz CT molecular complexity index is 840. The van der Waals surface area contributed by atoms with Crippen LogP contribution in [-0.4, -0.2) is 22.4 Å². The first-order valence-corrected chi connectivity index (χ1v) is 8.03. The Kier molecular flexibility index (Phi) is 3.75. The third-order valence-corrected chi connectivity index (χ3v) is 4.28. The number of nitrogens with one attached hydrogen (secondary N) is 1. The van der Waals surface area contributed by atoms with E-state index in [-0.39, 0.29) is 6.03 Å². The number of para-hydroxylation sites is 1. The monoisotopic (exact) mass is 318 g/mol. The molecule has 0 saturated carbocycles. The van der Waals surface area contributed by atoms with Crippen LogP contribution >= 0.6 is 0 Å². The molecule has 0 unspecified atom stereocenters. The van der Waals surface area contributed by atoms with Gasteiger partial charge in [-0.15, -0.1) is 0 Å². The van der Waals surface area contributed by atoms with Gasteiger partial charge in [-0.2, -0.15) is 5.10 Å². The van der Waals surface area contributed by atoms with Crippen molar-refractivity contribution in [2.75, 3.05) is 11.4 Å². The van der Waals surface area contributed by atoms with Crippen molar-refractivity contribution in [3.8, 4) is 5.69 Å². The number of rotatable bonds is 3. The fourth-order valence-electron chi connectivity index (χ4n) is 3.01. The van der Waals surface area contributed by atoms with E-state index in [0.717, 1.165) is 29.9 Å². The number of carbonyl (C=O) groups is 1. The second kappa shape index (κ2) is 6.20. The van der Waals surface area contributed by atoms with Crippen LogP contribution in [0.15, 0.2) is 67.0 Å². The first kappa shape index (κ1) is 14.5. The topological polar surface area (TPSA) is 50.2 Å². The highest BCUT2D eigenvalue weighted by Crippen LogP contribution is 2.27. The average Bonchev–Trinajstić information content (AvgIpc) is 3.30. The highest BCUT2D eigenvalue weighted by molar-refractivity contribution is 5.94. The van der Waals surface area contributed by atoms with Gasteiger partial charge >= 0.3 is 6.03 Å². The summed E-state index contributed by atoms with van der Waals surface area (Å²) >= 11 is 0. The molecule has 3 aromatic rings. The standard InChI is InChI=1S/C19H18N4O/c24-19(22-13-10-16-4-1-2-5-18(16)22)20-14-15-6-8-17(9-7-15)23-12-3-11-21-23/h1-9,11-12H,10,13-14H2,(H,20,24). The molecule has 1 aromatic heterocycles. The predicted octanol–water partition coefficient (Wildman–Crippen LogP) is 3.14. The second-order valence-electron chi connectivity index (χ2n) is 5.81. The molecular weight excluding hydrogens is 300 g/mol. The van der Waals surface area contributed by atoms with Gasteiger partial charge in [-0.25, -0.2) is 9.48 Å². The fourth-order valence-corrected chi connectivity index (χ4v) is 3.01. The van der Waals surface area contributed by atoms with E-state index in [1.807, 2.05) is 64.3 Å². The molecule has 2 amide bonds. The summed E-state index contributed by atoms with van der Waals surface area (Å²) in [6.45, 7) is 1.25. The van der Waals surface area contributed by atoms with Gasteiger partial charge in [0.05, 0.1) is 5.69 Å². The quantitative estimate of drug-likeness (QED) is 0.806. The van der Waals surface area contributed by atoms with E-state index < -0.39 is 0 Å². The van der Waals surface area contributed by atoms with Gasteiger partial charge in [0.1, 0.15) is 0 Å². The molecule has 5 heteroatoms. The van der Waals surface area contributed by atoms with E-state index >= 15 is 0 Å². The van der Waals surface area contributed by atoms with Crippen molar-refractivity contribution < 1.29 is 4.79 Å². The fraction of sp³-hybridized carbons (Fsp3) is 0.158. The summed E-state index contributed by atoms with van der Waals surface area (Å²) in [7, 11) is 0.